The van der Waals surface area contributed by atoms with E-state index in [9.17, 15) is 9.59 Å². The number of ketones is 1. The van der Waals surface area contributed by atoms with Crippen LogP contribution in [0.15, 0.2) is 40.9 Å². The molecule has 0 atom stereocenters. The molecule has 34 heavy (non-hydrogen) atoms. The number of aromatic amines is 1. The first-order valence-electron chi connectivity index (χ1n) is 11.4. The number of carbonyl (C=O) groups excluding carboxylic acids is 2. The van der Waals surface area contributed by atoms with Crippen LogP contribution in [0.3, 0.4) is 0 Å². The standard InChI is InChI=1S/C27H30BrNO5/c1-26(2,3)34-22(30)10-11-32-12-13-33-17-7-9-20-19(15-17)24(31)23-18-8-6-16(28)14-21(18)29-25(23)27(20,4)5/h6-9,14-15,29H,10-13H2,1-5H3. The molecule has 180 valence electrons. The Labute approximate surface area is 208 Å². The molecular formula is C27H30BrNO5. The van der Waals surface area contributed by atoms with Crippen molar-refractivity contribution in [2.24, 2.45) is 0 Å². The predicted molar refractivity (Wildman–Crippen MR) is 135 cm³/mol. The van der Waals surface area contributed by atoms with E-state index in [-0.39, 0.29) is 30.2 Å². The molecule has 1 N–H and O–H groups in total. The van der Waals surface area contributed by atoms with E-state index >= 15 is 0 Å². The quantitative estimate of drug-likeness (QED) is 0.304. The number of esters is 1. The van der Waals surface area contributed by atoms with Crippen molar-refractivity contribution in [3.8, 4) is 5.75 Å². The van der Waals surface area contributed by atoms with Crippen molar-refractivity contribution in [1.82, 2.24) is 4.98 Å². The minimum Gasteiger partial charge on any atom is -0.491 e. The number of nitrogens with one attached hydrogen (secondary N) is 1. The Morgan fingerprint density at radius 1 is 1.06 bits per heavy atom. The summed E-state index contributed by atoms with van der Waals surface area (Å²) in [5, 5.41) is 0.923. The summed E-state index contributed by atoms with van der Waals surface area (Å²) >= 11 is 3.51. The maximum absolute atomic E-state index is 13.5. The number of hydrogen-bond acceptors (Lipinski definition) is 5. The molecule has 2 aromatic carbocycles. The van der Waals surface area contributed by atoms with Crippen LogP contribution in [-0.2, 0) is 19.7 Å². The Morgan fingerprint density at radius 3 is 2.56 bits per heavy atom. The summed E-state index contributed by atoms with van der Waals surface area (Å²) in [6, 6.07) is 11.6. The minimum atomic E-state index is -0.497. The van der Waals surface area contributed by atoms with Crippen LogP contribution in [0.2, 0.25) is 0 Å². The minimum absolute atomic E-state index is 0.00282. The van der Waals surface area contributed by atoms with Gasteiger partial charge in [-0.3, -0.25) is 9.59 Å². The molecule has 1 heterocycles. The van der Waals surface area contributed by atoms with Crippen LogP contribution >= 0.6 is 15.9 Å². The van der Waals surface area contributed by atoms with Gasteiger partial charge in [-0.25, -0.2) is 0 Å². The van der Waals surface area contributed by atoms with Crippen LogP contribution in [0, 0.1) is 0 Å². The van der Waals surface area contributed by atoms with Gasteiger partial charge >= 0.3 is 5.97 Å². The molecule has 0 aliphatic heterocycles. The molecule has 0 amide bonds. The Hall–Kier alpha value is -2.64. The normalized spacial score (nSPS) is 14.6. The van der Waals surface area contributed by atoms with Crippen LogP contribution in [-0.4, -0.2) is 42.2 Å². The molecule has 0 saturated carbocycles. The maximum Gasteiger partial charge on any atom is 0.308 e. The molecule has 0 radical (unpaired) electrons. The Morgan fingerprint density at radius 2 is 1.82 bits per heavy atom. The first-order chi connectivity index (χ1) is 16.0. The summed E-state index contributed by atoms with van der Waals surface area (Å²) in [5.74, 6) is 0.329. The van der Waals surface area contributed by atoms with Gasteiger partial charge < -0.3 is 19.2 Å². The number of halogens is 1. The number of rotatable bonds is 7. The summed E-state index contributed by atoms with van der Waals surface area (Å²) in [6.45, 7) is 10.7. The molecule has 1 aromatic heterocycles. The van der Waals surface area contributed by atoms with Crippen molar-refractivity contribution in [3.63, 3.8) is 0 Å². The van der Waals surface area contributed by atoms with Crippen molar-refractivity contribution in [2.75, 3.05) is 19.8 Å². The summed E-state index contributed by atoms with van der Waals surface area (Å²) in [5.41, 5.74) is 3.37. The van der Waals surface area contributed by atoms with Gasteiger partial charge in [0.1, 0.15) is 18.0 Å². The van der Waals surface area contributed by atoms with Gasteiger partial charge in [0.05, 0.1) is 25.2 Å². The van der Waals surface area contributed by atoms with E-state index in [2.05, 4.69) is 34.8 Å². The maximum atomic E-state index is 13.5. The van der Waals surface area contributed by atoms with Crippen molar-refractivity contribution in [2.45, 2.75) is 52.1 Å². The highest BCUT2D eigenvalue weighted by molar-refractivity contribution is 9.10. The van der Waals surface area contributed by atoms with Crippen molar-refractivity contribution < 1.29 is 23.8 Å². The van der Waals surface area contributed by atoms with E-state index in [0.717, 1.165) is 32.2 Å². The summed E-state index contributed by atoms with van der Waals surface area (Å²) in [4.78, 5) is 28.7. The summed E-state index contributed by atoms with van der Waals surface area (Å²) < 4.78 is 17.6. The molecule has 0 spiro atoms. The lowest BCUT2D eigenvalue weighted by atomic mass is 9.71. The number of carbonyl (C=O) groups is 2. The molecule has 6 nitrogen and oxygen atoms in total. The fraction of sp³-hybridized carbons (Fsp3) is 0.407. The molecule has 0 saturated heterocycles. The number of aromatic nitrogens is 1. The number of ether oxygens (including phenoxy) is 3. The Bertz CT molecular complexity index is 1250. The molecule has 0 fully saturated rings. The molecular weight excluding hydrogens is 498 g/mol. The number of hydrogen-bond donors (Lipinski definition) is 1. The highest BCUT2D eigenvalue weighted by Gasteiger charge is 2.39. The molecule has 0 unspecified atom stereocenters. The number of benzene rings is 2. The Kier molecular flexibility index (Phi) is 6.62. The number of fused-ring (bicyclic) bond motifs is 4. The largest absolute Gasteiger partial charge is 0.491 e. The summed E-state index contributed by atoms with van der Waals surface area (Å²) in [6.07, 6.45) is 0.198. The van der Waals surface area contributed by atoms with Gasteiger partial charge in [-0.2, -0.15) is 0 Å². The smallest absolute Gasteiger partial charge is 0.308 e. The second-order valence-electron chi connectivity index (χ2n) is 10.0. The van der Waals surface area contributed by atoms with Crippen LogP contribution < -0.4 is 4.74 Å². The SMILES string of the molecule is CC(C)(C)OC(=O)CCOCCOc1ccc2c(c1)C(=O)c1c([nH]c3cc(Br)ccc13)C2(C)C. The molecule has 0 bridgehead atoms. The zero-order chi connectivity index (χ0) is 24.7. The average Bonchev–Trinajstić information content (AvgIpc) is 3.13. The van der Waals surface area contributed by atoms with Crippen molar-refractivity contribution >= 4 is 38.6 Å². The lowest BCUT2D eigenvalue weighted by molar-refractivity contribution is -0.156. The van der Waals surface area contributed by atoms with Gasteiger partial charge in [0.25, 0.3) is 0 Å². The van der Waals surface area contributed by atoms with Gasteiger partial charge in [-0.1, -0.05) is 41.9 Å². The fourth-order valence-corrected chi connectivity index (χ4v) is 4.72. The third-order valence-corrected chi connectivity index (χ3v) is 6.38. The van der Waals surface area contributed by atoms with Gasteiger partial charge in [0.2, 0.25) is 0 Å². The van der Waals surface area contributed by atoms with E-state index in [4.69, 9.17) is 14.2 Å². The van der Waals surface area contributed by atoms with Gasteiger partial charge in [-0.15, -0.1) is 0 Å². The first-order valence-corrected chi connectivity index (χ1v) is 12.2. The van der Waals surface area contributed by atoms with Crippen LogP contribution in [0.5, 0.6) is 5.75 Å². The first kappa shape index (κ1) is 24.5. The van der Waals surface area contributed by atoms with E-state index in [1.165, 1.54) is 0 Å². The second kappa shape index (κ2) is 9.19. The highest BCUT2D eigenvalue weighted by atomic mass is 79.9. The molecule has 7 heteroatoms. The lowest BCUT2D eigenvalue weighted by Crippen LogP contribution is -2.30. The van der Waals surface area contributed by atoms with Crippen LogP contribution in [0.25, 0.3) is 10.9 Å². The van der Waals surface area contributed by atoms with E-state index in [0.29, 0.717) is 24.5 Å². The third-order valence-electron chi connectivity index (χ3n) is 5.89. The molecule has 1 aliphatic carbocycles. The van der Waals surface area contributed by atoms with E-state index in [1.54, 1.807) is 0 Å². The van der Waals surface area contributed by atoms with E-state index < -0.39 is 5.60 Å². The number of H-pyrrole nitrogens is 1. The van der Waals surface area contributed by atoms with E-state index in [1.807, 2.05) is 57.2 Å². The predicted octanol–water partition coefficient (Wildman–Crippen LogP) is 5.93. The zero-order valence-electron chi connectivity index (χ0n) is 20.2. The van der Waals surface area contributed by atoms with Crippen LogP contribution in [0.1, 0.15) is 68.2 Å². The summed E-state index contributed by atoms with van der Waals surface area (Å²) in [7, 11) is 0. The third kappa shape index (κ3) is 4.91. The zero-order valence-corrected chi connectivity index (χ0v) is 21.8. The lowest BCUT2D eigenvalue weighted by Gasteiger charge is -2.32. The highest BCUT2D eigenvalue weighted by Crippen LogP contribution is 2.44. The molecule has 1 aliphatic rings. The Balaban J connectivity index is 1.42. The molecule has 3 aromatic rings. The van der Waals surface area contributed by atoms with Crippen molar-refractivity contribution in [1.29, 1.82) is 0 Å². The van der Waals surface area contributed by atoms with Gasteiger partial charge in [0.15, 0.2) is 5.78 Å². The van der Waals surface area contributed by atoms with Crippen molar-refractivity contribution in [3.05, 3.63) is 63.3 Å². The topological polar surface area (TPSA) is 77.6 Å². The monoisotopic (exact) mass is 527 g/mol. The second-order valence-corrected chi connectivity index (χ2v) is 10.9. The van der Waals surface area contributed by atoms with Gasteiger partial charge in [0, 0.05) is 32.0 Å². The van der Waals surface area contributed by atoms with Crippen LogP contribution in [0.4, 0.5) is 0 Å². The molecule has 4 rings (SSSR count). The fourth-order valence-electron chi connectivity index (χ4n) is 4.36. The average molecular weight is 528 g/mol. The van der Waals surface area contributed by atoms with Gasteiger partial charge in [-0.05, 0) is 50.6 Å².